The summed E-state index contributed by atoms with van der Waals surface area (Å²) >= 11 is 5.15. The molecule has 0 fully saturated rings. The van der Waals surface area contributed by atoms with Crippen LogP contribution in [0, 0.1) is 0 Å². The summed E-state index contributed by atoms with van der Waals surface area (Å²) < 4.78 is 12.0. The quantitative estimate of drug-likeness (QED) is 0.913. The van der Waals surface area contributed by atoms with E-state index in [0.29, 0.717) is 13.2 Å². The lowest BCUT2D eigenvalue weighted by Crippen LogP contribution is -2.02. The average Bonchev–Trinajstić information content (AvgIpc) is 2.81. The van der Waals surface area contributed by atoms with Gasteiger partial charge in [0, 0.05) is 16.6 Å². The van der Waals surface area contributed by atoms with Gasteiger partial charge in [0.05, 0.1) is 12.0 Å². The van der Waals surface area contributed by atoms with Gasteiger partial charge in [-0.2, -0.15) is 0 Å². The lowest BCUT2D eigenvalue weighted by molar-refractivity contribution is 0.305. The smallest absolute Gasteiger partial charge is 0.124 e. The Labute approximate surface area is 119 Å². The number of benzene rings is 1. The van der Waals surface area contributed by atoms with Gasteiger partial charge in [0.15, 0.2) is 0 Å². The average molecular weight is 328 g/mol. The third kappa shape index (κ3) is 3.04. The Balaban J connectivity index is 2.11. The summed E-state index contributed by atoms with van der Waals surface area (Å²) in [6, 6.07) is 7.68. The van der Waals surface area contributed by atoms with Gasteiger partial charge < -0.3 is 15.2 Å². The van der Waals surface area contributed by atoms with Crippen LogP contribution in [0.3, 0.4) is 0 Å². The molecular formula is C13H14BrNO2S. The van der Waals surface area contributed by atoms with E-state index in [1.54, 1.807) is 18.4 Å². The summed E-state index contributed by atoms with van der Waals surface area (Å²) in [4.78, 5) is 1.16. The zero-order valence-electron chi connectivity index (χ0n) is 9.98. The van der Waals surface area contributed by atoms with Gasteiger partial charge in [-0.1, -0.05) is 0 Å². The first-order chi connectivity index (χ1) is 8.74. The third-order valence-electron chi connectivity index (χ3n) is 2.54. The van der Waals surface area contributed by atoms with Crippen molar-refractivity contribution in [1.29, 1.82) is 0 Å². The number of hydrogen-bond acceptors (Lipinski definition) is 4. The summed E-state index contributed by atoms with van der Waals surface area (Å²) in [5, 5.41) is 2.03. The summed E-state index contributed by atoms with van der Waals surface area (Å²) in [5.74, 6) is 1.60. The zero-order valence-corrected chi connectivity index (χ0v) is 12.4. The van der Waals surface area contributed by atoms with Crippen LogP contribution in [0.4, 0.5) is 0 Å². The molecule has 0 aliphatic carbocycles. The van der Waals surface area contributed by atoms with E-state index in [-0.39, 0.29) is 0 Å². The maximum Gasteiger partial charge on any atom is 0.124 e. The molecule has 1 aromatic heterocycles. The normalized spacial score (nSPS) is 10.4. The molecule has 0 spiro atoms. The molecule has 96 valence electrons. The fourth-order valence-electron chi connectivity index (χ4n) is 1.55. The molecule has 18 heavy (non-hydrogen) atoms. The molecule has 2 aromatic rings. The van der Waals surface area contributed by atoms with Gasteiger partial charge in [0.2, 0.25) is 0 Å². The SMILES string of the molecule is COc1ccc(OCc2sccc2Br)c(CN)c1. The van der Waals surface area contributed by atoms with E-state index >= 15 is 0 Å². The highest BCUT2D eigenvalue weighted by atomic mass is 79.9. The molecule has 0 saturated heterocycles. The van der Waals surface area contributed by atoms with Crippen molar-refractivity contribution in [1.82, 2.24) is 0 Å². The van der Waals surface area contributed by atoms with Crippen molar-refractivity contribution in [2.45, 2.75) is 13.2 Å². The highest BCUT2D eigenvalue weighted by Gasteiger charge is 2.07. The van der Waals surface area contributed by atoms with Crippen LogP contribution in [0.1, 0.15) is 10.4 Å². The topological polar surface area (TPSA) is 44.5 Å². The van der Waals surface area contributed by atoms with Crippen molar-refractivity contribution < 1.29 is 9.47 Å². The Morgan fingerprint density at radius 2 is 2.17 bits per heavy atom. The maximum atomic E-state index is 5.80. The number of halogens is 1. The predicted molar refractivity (Wildman–Crippen MR) is 77.2 cm³/mol. The Morgan fingerprint density at radius 1 is 1.33 bits per heavy atom. The van der Waals surface area contributed by atoms with Crippen LogP contribution in [0.15, 0.2) is 34.1 Å². The number of rotatable bonds is 5. The molecule has 0 atom stereocenters. The first-order valence-electron chi connectivity index (χ1n) is 5.46. The summed E-state index contributed by atoms with van der Waals surface area (Å²) in [5.41, 5.74) is 6.66. The van der Waals surface area contributed by atoms with Crippen molar-refractivity contribution in [2.24, 2.45) is 5.73 Å². The molecule has 2 rings (SSSR count). The van der Waals surface area contributed by atoms with Gasteiger partial charge in [0.1, 0.15) is 18.1 Å². The lowest BCUT2D eigenvalue weighted by Gasteiger charge is -2.11. The summed E-state index contributed by atoms with van der Waals surface area (Å²) in [7, 11) is 1.64. The van der Waals surface area contributed by atoms with Gasteiger partial charge in [-0.25, -0.2) is 0 Å². The van der Waals surface area contributed by atoms with Gasteiger partial charge >= 0.3 is 0 Å². The second kappa shape index (κ2) is 6.22. The molecule has 5 heteroatoms. The van der Waals surface area contributed by atoms with Gasteiger partial charge in [-0.3, -0.25) is 0 Å². The van der Waals surface area contributed by atoms with Crippen LogP contribution in [0.5, 0.6) is 11.5 Å². The molecule has 0 unspecified atom stereocenters. The van der Waals surface area contributed by atoms with Crippen LogP contribution in [0.25, 0.3) is 0 Å². The highest BCUT2D eigenvalue weighted by Crippen LogP contribution is 2.27. The van der Waals surface area contributed by atoms with E-state index in [1.165, 1.54) is 0 Å². The van der Waals surface area contributed by atoms with E-state index in [4.69, 9.17) is 15.2 Å². The van der Waals surface area contributed by atoms with E-state index in [9.17, 15) is 0 Å². The monoisotopic (exact) mass is 327 g/mol. The van der Waals surface area contributed by atoms with Crippen molar-refractivity contribution in [3.8, 4) is 11.5 Å². The molecule has 0 radical (unpaired) electrons. The Morgan fingerprint density at radius 3 is 2.78 bits per heavy atom. The molecule has 0 amide bonds. The second-order valence-electron chi connectivity index (χ2n) is 3.66. The first-order valence-corrected chi connectivity index (χ1v) is 7.13. The zero-order chi connectivity index (χ0) is 13.0. The largest absolute Gasteiger partial charge is 0.497 e. The van der Waals surface area contributed by atoms with Crippen molar-refractivity contribution in [3.05, 3.63) is 44.6 Å². The van der Waals surface area contributed by atoms with E-state index in [1.807, 2.05) is 29.6 Å². The molecule has 0 aliphatic heterocycles. The molecule has 1 heterocycles. The molecule has 0 saturated carbocycles. The highest BCUT2D eigenvalue weighted by molar-refractivity contribution is 9.10. The van der Waals surface area contributed by atoms with Crippen LogP contribution in [0.2, 0.25) is 0 Å². The summed E-state index contributed by atoms with van der Waals surface area (Å²) in [6.45, 7) is 0.968. The summed E-state index contributed by atoms with van der Waals surface area (Å²) in [6.07, 6.45) is 0. The molecule has 3 nitrogen and oxygen atoms in total. The Kier molecular flexibility index (Phi) is 4.63. The maximum absolute atomic E-state index is 5.80. The number of ether oxygens (including phenoxy) is 2. The Hall–Kier alpha value is -1.04. The Bertz CT molecular complexity index is 527. The van der Waals surface area contributed by atoms with E-state index in [0.717, 1.165) is 26.4 Å². The van der Waals surface area contributed by atoms with Crippen molar-refractivity contribution in [3.63, 3.8) is 0 Å². The first kappa shape index (κ1) is 13.4. The van der Waals surface area contributed by atoms with Crippen LogP contribution in [-0.4, -0.2) is 7.11 Å². The van der Waals surface area contributed by atoms with Gasteiger partial charge in [0.25, 0.3) is 0 Å². The number of hydrogen-bond donors (Lipinski definition) is 1. The van der Waals surface area contributed by atoms with Crippen molar-refractivity contribution >= 4 is 27.3 Å². The van der Waals surface area contributed by atoms with E-state index < -0.39 is 0 Å². The van der Waals surface area contributed by atoms with Gasteiger partial charge in [-0.15, -0.1) is 11.3 Å². The predicted octanol–water partition coefficient (Wildman–Crippen LogP) is 3.56. The molecule has 1 aromatic carbocycles. The minimum atomic E-state index is 0.429. The molecule has 2 N–H and O–H groups in total. The fourth-order valence-corrected chi connectivity index (χ4v) is 2.93. The number of thiophene rings is 1. The number of methoxy groups -OCH3 is 1. The van der Waals surface area contributed by atoms with Crippen molar-refractivity contribution in [2.75, 3.05) is 7.11 Å². The van der Waals surface area contributed by atoms with Crippen LogP contribution >= 0.6 is 27.3 Å². The minimum absolute atomic E-state index is 0.429. The van der Waals surface area contributed by atoms with Crippen LogP contribution < -0.4 is 15.2 Å². The lowest BCUT2D eigenvalue weighted by atomic mass is 10.2. The second-order valence-corrected chi connectivity index (χ2v) is 5.51. The van der Waals surface area contributed by atoms with Crippen LogP contribution in [-0.2, 0) is 13.2 Å². The molecule has 0 bridgehead atoms. The van der Waals surface area contributed by atoms with Gasteiger partial charge in [-0.05, 0) is 45.6 Å². The molecular weight excluding hydrogens is 314 g/mol. The number of nitrogens with two attached hydrogens (primary N) is 1. The minimum Gasteiger partial charge on any atom is -0.497 e. The standard InChI is InChI=1S/C13H14BrNO2S/c1-16-10-2-3-12(9(6-10)7-15)17-8-13-11(14)4-5-18-13/h2-6H,7-8,15H2,1H3. The third-order valence-corrected chi connectivity index (χ3v) is 4.44. The fraction of sp³-hybridized carbons (Fsp3) is 0.231. The molecule has 0 aliphatic rings. The van der Waals surface area contributed by atoms with E-state index in [2.05, 4.69) is 15.9 Å².